The molecule has 3 N–H and O–H groups in total. The van der Waals surface area contributed by atoms with E-state index in [-0.39, 0.29) is 18.1 Å². The van der Waals surface area contributed by atoms with Gasteiger partial charge in [-0.2, -0.15) is 0 Å². The van der Waals surface area contributed by atoms with Crippen molar-refractivity contribution in [1.82, 2.24) is 0 Å². The zero-order chi connectivity index (χ0) is 11.3. The Morgan fingerprint density at radius 1 is 1.60 bits per heavy atom. The third kappa shape index (κ3) is 3.12. The summed E-state index contributed by atoms with van der Waals surface area (Å²) in [5.41, 5.74) is 5.90. The number of ether oxygens (including phenoxy) is 1. The highest BCUT2D eigenvalue weighted by Crippen LogP contribution is 2.20. The van der Waals surface area contributed by atoms with Crippen molar-refractivity contribution in [1.29, 1.82) is 0 Å². The summed E-state index contributed by atoms with van der Waals surface area (Å²) in [5, 5.41) is 11.2. The van der Waals surface area contributed by atoms with E-state index in [1.165, 1.54) is 18.2 Å². The Morgan fingerprint density at radius 2 is 2.33 bits per heavy atom. The lowest BCUT2D eigenvalue weighted by atomic mass is 10.1. The van der Waals surface area contributed by atoms with Gasteiger partial charge in [0.05, 0.1) is 6.61 Å². The van der Waals surface area contributed by atoms with Gasteiger partial charge >= 0.3 is 0 Å². The molecule has 0 spiro atoms. The van der Waals surface area contributed by atoms with Crippen molar-refractivity contribution in [3.8, 4) is 5.75 Å². The van der Waals surface area contributed by atoms with E-state index in [0.29, 0.717) is 17.9 Å². The zero-order valence-electron chi connectivity index (χ0n) is 8.40. The largest absolute Gasteiger partial charge is 0.494 e. The van der Waals surface area contributed by atoms with E-state index < -0.39 is 0 Å². The fourth-order valence-corrected chi connectivity index (χ4v) is 1.21. The molecule has 0 radical (unpaired) electrons. The van der Waals surface area contributed by atoms with E-state index in [1.807, 2.05) is 6.92 Å². The molecule has 0 unspecified atom stereocenters. The molecule has 1 aromatic rings. The third-order valence-electron chi connectivity index (χ3n) is 1.82. The van der Waals surface area contributed by atoms with Gasteiger partial charge in [-0.3, -0.25) is 0 Å². The van der Waals surface area contributed by atoms with Crippen LogP contribution in [-0.2, 0) is 6.42 Å². The van der Waals surface area contributed by atoms with Crippen LogP contribution in [0.1, 0.15) is 12.5 Å². The second-order valence-electron chi connectivity index (χ2n) is 2.95. The maximum Gasteiger partial charge on any atom is 0.143 e. The molecule has 0 aliphatic heterocycles. The van der Waals surface area contributed by atoms with Crippen molar-refractivity contribution in [3.63, 3.8) is 0 Å². The van der Waals surface area contributed by atoms with Crippen molar-refractivity contribution >= 4 is 5.84 Å². The summed E-state index contributed by atoms with van der Waals surface area (Å²) in [4.78, 5) is 0. The van der Waals surface area contributed by atoms with Gasteiger partial charge in [-0.05, 0) is 25.1 Å². The summed E-state index contributed by atoms with van der Waals surface area (Å²) in [5.74, 6) is 0.186. The normalized spacial score (nSPS) is 11.5. The van der Waals surface area contributed by atoms with Crippen molar-refractivity contribution < 1.29 is 14.3 Å². The van der Waals surface area contributed by atoms with Gasteiger partial charge in [-0.25, -0.2) is 4.39 Å². The van der Waals surface area contributed by atoms with Crippen LogP contribution in [0.3, 0.4) is 0 Å². The van der Waals surface area contributed by atoms with Gasteiger partial charge in [-0.15, -0.1) is 0 Å². The molecule has 0 bridgehead atoms. The Bertz CT molecular complexity index is 366. The molecule has 1 aromatic carbocycles. The summed E-state index contributed by atoms with van der Waals surface area (Å²) in [6, 6.07) is 4.14. The average molecular weight is 212 g/mol. The maximum absolute atomic E-state index is 12.9. The van der Waals surface area contributed by atoms with Gasteiger partial charge in [0.25, 0.3) is 0 Å². The van der Waals surface area contributed by atoms with Crippen LogP contribution in [0.4, 0.5) is 4.39 Å². The van der Waals surface area contributed by atoms with Crippen LogP contribution in [0.15, 0.2) is 23.4 Å². The second kappa shape index (κ2) is 5.19. The smallest absolute Gasteiger partial charge is 0.143 e. The average Bonchev–Trinajstić information content (AvgIpc) is 2.22. The first-order chi connectivity index (χ1) is 7.17. The zero-order valence-corrected chi connectivity index (χ0v) is 8.40. The molecule has 0 saturated heterocycles. The standard InChI is InChI=1S/C10H13FN2O2/c1-2-15-9-4-3-8(11)5-7(9)6-10(12)13-14/h3-5,14H,2,6H2,1H3,(H2,12,13). The van der Waals surface area contributed by atoms with Crippen LogP contribution < -0.4 is 10.5 Å². The van der Waals surface area contributed by atoms with Gasteiger partial charge in [-0.1, -0.05) is 5.16 Å². The Kier molecular flexibility index (Phi) is 3.91. The molecule has 0 fully saturated rings. The molecule has 0 amide bonds. The predicted octanol–water partition coefficient (Wildman–Crippen LogP) is 1.51. The molecular weight excluding hydrogens is 199 g/mol. The van der Waals surface area contributed by atoms with Gasteiger partial charge in [0.2, 0.25) is 0 Å². The van der Waals surface area contributed by atoms with Crippen molar-refractivity contribution in [2.24, 2.45) is 10.9 Å². The summed E-state index contributed by atoms with van der Waals surface area (Å²) >= 11 is 0. The number of halogens is 1. The fraction of sp³-hybridized carbons (Fsp3) is 0.300. The Morgan fingerprint density at radius 3 is 2.93 bits per heavy atom. The monoisotopic (exact) mass is 212 g/mol. The Labute approximate surface area is 87.2 Å². The van der Waals surface area contributed by atoms with Gasteiger partial charge in [0, 0.05) is 12.0 Å². The molecule has 5 heteroatoms. The number of benzene rings is 1. The molecule has 1 rings (SSSR count). The van der Waals surface area contributed by atoms with Crippen LogP contribution in [0.2, 0.25) is 0 Å². The number of oxime groups is 1. The number of rotatable bonds is 4. The number of amidine groups is 1. The lowest BCUT2D eigenvalue weighted by molar-refractivity contribution is 0.316. The van der Waals surface area contributed by atoms with Crippen LogP contribution in [-0.4, -0.2) is 17.6 Å². The highest BCUT2D eigenvalue weighted by Gasteiger charge is 2.07. The van der Waals surface area contributed by atoms with Crippen molar-refractivity contribution in [2.75, 3.05) is 6.61 Å². The van der Waals surface area contributed by atoms with Gasteiger partial charge in [0.15, 0.2) is 0 Å². The molecular formula is C10H13FN2O2. The lowest BCUT2D eigenvalue weighted by Crippen LogP contribution is -2.15. The first kappa shape index (κ1) is 11.3. The third-order valence-corrected chi connectivity index (χ3v) is 1.82. The van der Waals surface area contributed by atoms with E-state index in [2.05, 4.69) is 5.16 Å². The molecule has 0 aliphatic rings. The Hall–Kier alpha value is -1.78. The van der Waals surface area contributed by atoms with Crippen molar-refractivity contribution in [3.05, 3.63) is 29.6 Å². The van der Waals surface area contributed by atoms with E-state index >= 15 is 0 Å². The second-order valence-corrected chi connectivity index (χ2v) is 2.95. The molecule has 0 heterocycles. The SMILES string of the molecule is CCOc1ccc(F)cc1C/C(N)=N/O. The molecule has 0 saturated carbocycles. The quantitative estimate of drug-likeness (QED) is 0.344. The highest BCUT2D eigenvalue weighted by molar-refractivity contribution is 5.82. The topological polar surface area (TPSA) is 67.8 Å². The Balaban J connectivity index is 2.96. The van der Waals surface area contributed by atoms with Crippen LogP contribution >= 0.6 is 0 Å². The van der Waals surface area contributed by atoms with Crippen LogP contribution in [0.25, 0.3) is 0 Å². The maximum atomic E-state index is 12.9. The number of hydrogen-bond donors (Lipinski definition) is 2. The summed E-state index contributed by atoms with van der Waals surface area (Å²) in [6.45, 7) is 2.31. The fourth-order valence-electron chi connectivity index (χ4n) is 1.21. The molecule has 4 nitrogen and oxygen atoms in total. The van der Waals surface area contributed by atoms with E-state index in [4.69, 9.17) is 15.7 Å². The molecule has 0 aliphatic carbocycles. The number of hydrogen-bond acceptors (Lipinski definition) is 3. The van der Waals surface area contributed by atoms with Crippen LogP contribution in [0.5, 0.6) is 5.75 Å². The van der Waals surface area contributed by atoms with Crippen LogP contribution in [0, 0.1) is 5.82 Å². The summed E-state index contributed by atoms with van der Waals surface area (Å²) in [7, 11) is 0. The first-order valence-corrected chi connectivity index (χ1v) is 4.55. The van der Waals surface area contributed by atoms with Gasteiger partial charge < -0.3 is 15.7 Å². The minimum atomic E-state index is -0.376. The predicted molar refractivity (Wildman–Crippen MR) is 54.7 cm³/mol. The first-order valence-electron chi connectivity index (χ1n) is 4.55. The molecule has 0 aromatic heterocycles. The highest BCUT2D eigenvalue weighted by atomic mass is 19.1. The summed E-state index contributed by atoms with van der Waals surface area (Å²) < 4.78 is 18.2. The minimum absolute atomic E-state index is 0.0153. The minimum Gasteiger partial charge on any atom is -0.494 e. The number of nitrogens with two attached hydrogens (primary N) is 1. The number of nitrogens with zero attached hydrogens (tertiary/aromatic N) is 1. The molecule has 15 heavy (non-hydrogen) atoms. The van der Waals surface area contributed by atoms with Gasteiger partial charge in [0.1, 0.15) is 17.4 Å². The molecule has 0 atom stereocenters. The molecule has 82 valence electrons. The summed E-state index contributed by atoms with van der Waals surface area (Å²) in [6.07, 6.45) is 0.156. The van der Waals surface area contributed by atoms with E-state index in [1.54, 1.807) is 0 Å². The van der Waals surface area contributed by atoms with E-state index in [9.17, 15) is 4.39 Å². The van der Waals surface area contributed by atoms with Crippen molar-refractivity contribution in [2.45, 2.75) is 13.3 Å². The lowest BCUT2D eigenvalue weighted by Gasteiger charge is -2.09. The van der Waals surface area contributed by atoms with E-state index in [0.717, 1.165) is 0 Å².